The number of likely N-dealkylation sites (tertiary alicyclic amines) is 1. The minimum Gasteiger partial charge on any atom is -0.385 e. The van der Waals surface area contributed by atoms with E-state index in [0.717, 1.165) is 32.4 Å². The van der Waals surface area contributed by atoms with Crippen LogP contribution in [0.1, 0.15) is 32.1 Å². The summed E-state index contributed by atoms with van der Waals surface area (Å²) in [5.41, 5.74) is 5.54. The van der Waals surface area contributed by atoms with Crippen LogP contribution < -0.4 is 11.1 Å². The van der Waals surface area contributed by atoms with Crippen molar-refractivity contribution in [2.75, 3.05) is 39.9 Å². The number of carbonyl (C=O) groups is 1. The number of carbonyl (C=O) groups excluding carboxylic acids is 1. The molecule has 18 heavy (non-hydrogen) atoms. The molecule has 0 aromatic rings. The fourth-order valence-electron chi connectivity index (χ4n) is 2.47. The van der Waals surface area contributed by atoms with E-state index < -0.39 is 0 Å². The molecule has 5 nitrogen and oxygen atoms in total. The van der Waals surface area contributed by atoms with Crippen LogP contribution in [0, 0.1) is 0 Å². The van der Waals surface area contributed by atoms with E-state index in [0.29, 0.717) is 25.7 Å². The van der Waals surface area contributed by atoms with Crippen molar-refractivity contribution in [1.29, 1.82) is 0 Å². The Hall–Kier alpha value is -0.650. The first-order valence-corrected chi connectivity index (χ1v) is 6.97. The van der Waals surface area contributed by atoms with Gasteiger partial charge in [0.25, 0.3) is 0 Å². The van der Waals surface area contributed by atoms with Crippen LogP contribution in [-0.2, 0) is 9.53 Å². The number of amides is 1. The van der Waals surface area contributed by atoms with E-state index in [-0.39, 0.29) is 5.91 Å². The number of hydrogen-bond donors (Lipinski definition) is 2. The van der Waals surface area contributed by atoms with Gasteiger partial charge in [-0.25, -0.2) is 0 Å². The van der Waals surface area contributed by atoms with Gasteiger partial charge in [-0.05, 0) is 45.2 Å². The molecule has 0 spiro atoms. The summed E-state index contributed by atoms with van der Waals surface area (Å²) in [4.78, 5) is 14.1. The van der Waals surface area contributed by atoms with Crippen LogP contribution in [0.3, 0.4) is 0 Å². The Labute approximate surface area is 110 Å². The summed E-state index contributed by atoms with van der Waals surface area (Å²) in [5.74, 6) is 0.130. The number of nitrogens with one attached hydrogen (secondary N) is 1. The highest BCUT2D eigenvalue weighted by Gasteiger charge is 2.25. The molecule has 3 N–H and O–H groups in total. The molecule has 0 aromatic heterocycles. The van der Waals surface area contributed by atoms with Crippen LogP contribution in [0.25, 0.3) is 0 Å². The Bertz CT molecular complexity index is 236. The molecule has 1 rings (SSSR count). The maximum atomic E-state index is 11.8. The van der Waals surface area contributed by atoms with Crippen molar-refractivity contribution >= 4 is 5.91 Å². The van der Waals surface area contributed by atoms with Crippen molar-refractivity contribution in [1.82, 2.24) is 10.2 Å². The molecule has 1 aliphatic heterocycles. The predicted octanol–water partition coefficient (Wildman–Crippen LogP) is 0.342. The highest BCUT2D eigenvalue weighted by molar-refractivity contribution is 5.78. The molecule has 1 unspecified atom stereocenters. The van der Waals surface area contributed by atoms with E-state index in [1.54, 1.807) is 7.11 Å². The van der Waals surface area contributed by atoms with Crippen LogP contribution in [0.2, 0.25) is 0 Å². The Morgan fingerprint density at radius 2 is 2.33 bits per heavy atom. The standard InChI is InChI=1S/C13H27N3O2/c1-18-10-4-8-15-13(17)11-16-9-3-6-12(16)5-2-7-14/h12H,2-11,14H2,1H3,(H,15,17). The second-order valence-corrected chi connectivity index (χ2v) is 4.89. The van der Waals surface area contributed by atoms with Gasteiger partial charge in [-0.3, -0.25) is 9.69 Å². The maximum absolute atomic E-state index is 11.8. The average molecular weight is 257 g/mol. The number of hydrogen-bond acceptors (Lipinski definition) is 4. The van der Waals surface area contributed by atoms with Gasteiger partial charge < -0.3 is 15.8 Å². The third kappa shape index (κ3) is 5.80. The second-order valence-electron chi connectivity index (χ2n) is 4.89. The molecule has 1 saturated heterocycles. The summed E-state index contributed by atoms with van der Waals surface area (Å²) in [6.45, 7) is 3.72. The molecule has 0 aliphatic carbocycles. The van der Waals surface area contributed by atoms with Gasteiger partial charge in [0, 0.05) is 26.3 Å². The van der Waals surface area contributed by atoms with Gasteiger partial charge in [0.1, 0.15) is 0 Å². The SMILES string of the molecule is COCCCNC(=O)CN1CCCC1CCCN. The molecule has 0 radical (unpaired) electrons. The van der Waals surface area contributed by atoms with Gasteiger partial charge >= 0.3 is 0 Å². The van der Waals surface area contributed by atoms with Gasteiger partial charge in [0.05, 0.1) is 6.54 Å². The lowest BCUT2D eigenvalue weighted by Crippen LogP contribution is -2.40. The molecule has 1 heterocycles. The van der Waals surface area contributed by atoms with E-state index in [1.807, 2.05) is 0 Å². The first kappa shape index (κ1) is 15.4. The molecule has 0 bridgehead atoms. The number of nitrogens with zero attached hydrogens (tertiary/aromatic N) is 1. The molecule has 0 saturated carbocycles. The van der Waals surface area contributed by atoms with Gasteiger partial charge in [-0.2, -0.15) is 0 Å². The molecule has 0 aromatic carbocycles. The van der Waals surface area contributed by atoms with Crippen molar-refractivity contribution in [2.45, 2.75) is 38.1 Å². The fourth-order valence-corrected chi connectivity index (χ4v) is 2.47. The molecule has 1 amide bonds. The van der Waals surface area contributed by atoms with Crippen LogP contribution in [0.15, 0.2) is 0 Å². The molecule has 106 valence electrons. The lowest BCUT2D eigenvalue weighted by molar-refractivity contribution is -0.122. The van der Waals surface area contributed by atoms with Gasteiger partial charge in [0.2, 0.25) is 5.91 Å². The van der Waals surface area contributed by atoms with Crippen molar-refractivity contribution in [3.63, 3.8) is 0 Å². The molecular weight excluding hydrogens is 230 g/mol. The van der Waals surface area contributed by atoms with E-state index in [2.05, 4.69) is 10.2 Å². The lowest BCUT2D eigenvalue weighted by Gasteiger charge is -2.23. The Balaban J connectivity index is 2.17. The van der Waals surface area contributed by atoms with E-state index >= 15 is 0 Å². The van der Waals surface area contributed by atoms with Crippen LogP contribution in [0.4, 0.5) is 0 Å². The zero-order chi connectivity index (χ0) is 13.2. The zero-order valence-corrected chi connectivity index (χ0v) is 11.5. The number of ether oxygens (including phenoxy) is 1. The Morgan fingerprint density at radius 3 is 3.06 bits per heavy atom. The van der Waals surface area contributed by atoms with E-state index in [4.69, 9.17) is 10.5 Å². The minimum atomic E-state index is 0.130. The van der Waals surface area contributed by atoms with Crippen molar-refractivity contribution in [2.24, 2.45) is 5.73 Å². The quantitative estimate of drug-likeness (QED) is 0.585. The van der Waals surface area contributed by atoms with Gasteiger partial charge in [-0.15, -0.1) is 0 Å². The monoisotopic (exact) mass is 257 g/mol. The van der Waals surface area contributed by atoms with Crippen molar-refractivity contribution in [3.05, 3.63) is 0 Å². The molecule has 1 aliphatic rings. The summed E-state index contributed by atoms with van der Waals surface area (Å²) in [6, 6.07) is 0.554. The Morgan fingerprint density at radius 1 is 1.50 bits per heavy atom. The third-order valence-electron chi connectivity index (χ3n) is 3.43. The fraction of sp³-hybridized carbons (Fsp3) is 0.923. The summed E-state index contributed by atoms with van der Waals surface area (Å²) in [7, 11) is 1.67. The third-order valence-corrected chi connectivity index (χ3v) is 3.43. The van der Waals surface area contributed by atoms with E-state index in [1.165, 1.54) is 12.8 Å². The summed E-state index contributed by atoms with van der Waals surface area (Å²) in [5, 5.41) is 2.94. The van der Waals surface area contributed by atoms with Crippen molar-refractivity contribution < 1.29 is 9.53 Å². The lowest BCUT2D eigenvalue weighted by atomic mass is 10.1. The maximum Gasteiger partial charge on any atom is 0.234 e. The molecule has 5 heteroatoms. The molecular formula is C13H27N3O2. The first-order valence-electron chi connectivity index (χ1n) is 6.97. The highest BCUT2D eigenvalue weighted by Crippen LogP contribution is 2.20. The summed E-state index contributed by atoms with van der Waals surface area (Å²) in [6.07, 6.45) is 5.45. The summed E-state index contributed by atoms with van der Waals surface area (Å²) >= 11 is 0. The highest BCUT2D eigenvalue weighted by atomic mass is 16.5. The summed E-state index contributed by atoms with van der Waals surface area (Å²) < 4.78 is 4.94. The zero-order valence-electron chi connectivity index (χ0n) is 11.5. The van der Waals surface area contributed by atoms with Gasteiger partial charge in [-0.1, -0.05) is 0 Å². The average Bonchev–Trinajstić information content (AvgIpc) is 2.79. The van der Waals surface area contributed by atoms with E-state index in [9.17, 15) is 4.79 Å². The first-order chi connectivity index (χ1) is 8.77. The number of nitrogens with two attached hydrogens (primary N) is 1. The van der Waals surface area contributed by atoms with Crippen molar-refractivity contribution in [3.8, 4) is 0 Å². The number of methoxy groups -OCH3 is 1. The predicted molar refractivity (Wildman–Crippen MR) is 72.4 cm³/mol. The second kappa shape index (κ2) is 9.30. The largest absolute Gasteiger partial charge is 0.385 e. The molecule has 1 atom stereocenters. The smallest absolute Gasteiger partial charge is 0.234 e. The van der Waals surface area contributed by atoms with Crippen LogP contribution in [-0.4, -0.2) is 56.7 Å². The molecule has 1 fully saturated rings. The number of rotatable bonds is 9. The Kier molecular flexibility index (Phi) is 7.96. The van der Waals surface area contributed by atoms with Crippen LogP contribution >= 0.6 is 0 Å². The topological polar surface area (TPSA) is 67.6 Å². The normalized spacial score (nSPS) is 20.2. The minimum absolute atomic E-state index is 0.130. The van der Waals surface area contributed by atoms with Crippen LogP contribution in [0.5, 0.6) is 0 Å². The van der Waals surface area contributed by atoms with Gasteiger partial charge in [0.15, 0.2) is 0 Å².